The molecule has 0 saturated carbocycles. The van der Waals surface area contributed by atoms with Crippen LogP contribution in [0.25, 0.3) is 0 Å². The van der Waals surface area contributed by atoms with Crippen LogP contribution in [-0.2, 0) is 0 Å². The van der Waals surface area contributed by atoms with Crippen LogP contribution in [0.5, 0.6) is 0 Å². The molecule has 5 heteroatoms. The third-order valence-electron chi connectivity index (χ3n) is 2.29. The van der Waals surface area contributed by atoms with Gasteiger partial charge in [0, 0.05) is 11.1 Å². The summed E-state index contributed by atoms with van der Waals surface area (Å²) in [7, 11) is 0. The molecule has 0 amide bonds. The van der Waals surface area contributed by atoms with Crippen LogP contribution in [0.3, 0.4) is 0 Å². The fourth-order valence-electron chi connectivity index (χ4n) is 1.34. The van der Waals surface area contributed by atoms with E-state index in [4.69, 9.17) is 4.42 Å². The van der Waals surface area contributed by atoms with Gasteiger partial charge >= 0.3 is 0 Å². The molecule has 0 fully saturated rings. The number of hydrogen-bond acceptors (Lipinski definition) is 5. The molecule has 2 rings (SSSR count). The maximum absolute atomic E-state index is 9.61. The Morgan fingerprint density at radius 1 is 1.47 bits per heavy atom. The zero-order valence-corrected chi connectivity index (χ0v) is 10.6. The summed E-state index contributed by atoms with van der Waals surface area (Å²) in [4.78, 5) is 9.35. The molecule has 0 spiro atoms. The van der Waals surface area contributed by atoms with Crippen LogP contribution >= 0.6 is 11.8 Å². The number of aryl methyl sites for hydroxylation is 1. The summed E-state index contributed by atoms with van der Waals surface area (Å²) in [6.45, 7) is 3.80. The molecule has 2 heterocycles. The molecule has 2 aromatic rings. The van der Waals surface area contributed by atoms with Gasteiger partial charge in [-0.2, -0.15) is 0 Å². The minimum Gasteiger partial charge on any atom is -0.439 e. The van der Waals surface area contributed by atoms with Gasteiger partial charge in [-0.25, -0.2) is 4.98 Å². The number of oxazole rings is 1. The van der Waals surface area contributed by atoms with Crippen molar-refractivity contribution < 1.29 is 9.52 Å². The molecule has 0 bridgehead atoms. The minimum absolute atomic E-state index is 0.488. The number of hydrogen-bond donors (Lipinski definition) is 1. The zero-order chi connectivity index (χ0) is 12.3. The van der Waals surface area contributed by atoms with Crippen molar-refractivity contribution in [2.75, 3.05) is 0 Å². The number of nitrogens with zero attached hydrogens (tertiary/aromatic N) is 2. The molecule has 0 saturated heterocycles. The van der Waals surface area contributed by atoms with Gasteiger partial charge in [0.15, 0.2) is 0 Å². The Bertz CT molecular complexity index is 482. The first kappa shape index (κ1) is 12.1. The molecular formula is C12H14N2O2S. The summed E-state index contributed by atoms with van der Waals surface area (Å²) < 4.78 is 5.24. The van der Waals surface area contributed by atoms with Crippen LogP contribution < -0.4 is 0 Å². The average Bonchev–Trinajstić information content (AvgIpc) is 2.75. The smallest absolute Gasteiger partial charge is 0.260 e. The molecule has 1 unspecified atom stereocenters. The Labute approximate surface area is 104 Å². The first-order valence-corrected chi connectivity index (χ1v) is 6.24. The second-order valence-electron chi connectivity index (χ2n) is 3.70. The van der Waals surface area contributed by atoms with Crippen molar-refractivity contribution in [3.8, 4) is 0 Å². The van der Waals surface area contributed by atoms with E-state index < -0.39 is 6.10 Å². The van der Waals surface area contributed by atoms with Gasteiger partial charge in [0.05, 0.1) is 17.5 Å². The maximum atomic E-state index is 9.61. The second kappa shape index (κ2) is 5.33. The van der Waals surface area contributed by atoms with Gasteiger partial charge in [-0.15, -0.1) is 0 Å². The third-order valence-corrected chi connectivity index (χ3v) is 3.13. The Hall–Kier alpha value is -1.33. The normalized spacial score (nSPS) is 12.6. The molecule has 0 aliphatic rings. The van der Waals surface area contributed by atoms with E-state index in [2.05, 4.69) is 9.97 Å². The van der Waals surface area contributed by atoms with E-state index in [1.54, 1.807) is 12.5 Å². The van der Waals surface area contributed by atoms with E-state index in [1.807, 2.05) is 26.0 Å². The molecular weight excluding hydrogens is 236 g/mol. The highest BCUT2D eigenvalue weighted by atomic mass is 32.2. The number of aliphatic hydroxyl groups is 1. The van der Waals surface area contributed by atoms with Gasteiger partial charge < -0.3 is 9.52 Å². The third kappa shape index (κ3) is 3.08. The van der Waals surface area contributed by atoms with E-state index in [1.165, 1.54) is 11.8 Å². The highest BCUT2D eigenvalue weighted by Crippen LogP contribution is 2.27. The highest BCUT2D eigenvalue weighted by molar-refractivity contribution is 7.99. The Kier molecular flexibility index (Phi) is 3.81. The van der Waals surface area contributed by atoms with Gasteiger partial charge in [-0.05, 0) is 37.2 Å². The van der Waals surface area contributed by atoms with E-state index in [9.17, 15) is 5.11 Å². The summed E-state index contributed by atoms with van der Waals surface area (Å²) >= 11 is 1.41. The Morgan fingerprint density at radius 3 is 2.82 bits per heavy atom. The summed E-state index contributed by atoms with van der Waals surface area (Å²) in [5, 5.41) is 10.2. The predicted octanol–water partition coefficient (Wildman–Crippen LogP) is 2.97. The molecule has 17 heavy (non-hydrogen) atoms. The van der Waals surface area contributed by atoms with Crippen molar-refractivity contribution in [3.05, 3.63) is 36.0 Å². The minimum atomic E-state index is -0.488. The van der Waals surface area contributed by atoms with Crippen molar-refractivity contribution in [2.45, 2.75) is 36.5 Å². The summed E-state index contributed by atoms with van der Waals surface area (Å²) in [5.41, 5.74) is 1.55. The average molecular weight is 250 g/mol. The first-order valence-electron chi connectivity index (χ1n) is 5.43. The van der Waals surface area contributed by atoms with Crippen molar-refractivity contribution in [1.29, 1.82) is 0 Å². The standard InChI is InChI=1S/C12H14N2O2S/c1-3-11(15)10-5-4-9(6-13-10)17-12-14-8(2)7-16-12/h4-7,11,15H,3H2,1-2H3. The van der Waals surface area contributed by atoms with Crippen LogP contribution in [0.2, 0.25) is 0 Å². The molecule has 0 aliphatic heterocycles. The molecule has 0 aliphatic carbocycles. The van der Waals surface area contributed by atoms with E-state index in [0.717, 1.165) is 10.6 Å². The quantitative estimate of drug-likeness (QED) is 0.904. The van der Waals surface area contributed by atoms with Crippen LogP contribution in [0.15, 0.2) is 39.1 Å². The van der Waals surface area contributed by atoms with Crippen LogP contribution in [0.1, 0.15) is 30.8 Å². The molecule has 4 nitrogen and oxygen atoms in total. The van der Waals surface area contributed by atoms with Gasteiger partial charge in [-0.3, -0.25) is 4.98 Å². The lowest BCUT2D eigenvalue weighted by atomic mass is 10.2. The topological polar surface area (TPSA) is 59.2 Å². The second-order valence-corrected chi connectivity index (χ2v) is 4.72. The lowest BCUT2D eigenvalue weighted by Crippen LogP contribution is -1.97. The van der Waals surface area contributed by atoms with Crippen LogP contribution in [0, 0.1) is 6.92 Å². The molecule has 90 valence electrons. The molecule has 1 atom stereocenters. The fourth-order valence-corrected chi connectivity index (χ4v) is 2.07. The number of rotatable bonds is 4. The monoisotopic (exact) mass is 250 g/mol. The number of aromatic nitrogens is 2. The lowest BCUT2D eigenvalue weighted by Gasteiger charge is -2.06. The van der Waals surface area contributed by atoms with E-state index in [-0.39, 0.29) is 0 Å². The summed E-state index contributed by atoms with van der Waals surface area (Å²) in [6.07, 6.45) is 3.51. The van der Waals surface area contributed by atoms with E-state index in [0.29, 0.717) is 17.3 Å². The lowest BCUT2D eigenvalue weighted by molar-refractivity contribution is 0.169. The van der Waals surface area contributed by atoms with Gasteiger partial charge in [0.2, 0.25) is 0 Å². The molecule has 0 aromatic carbocycles. The summed E-state index contributed by atoms with van der Waals surface area (Å²) in [5.74, 6) is 0. The van der Waals surface area contributed by atoms with Crippen molar-refractivity contribution in [2.24, 2.45) is 0 Å². The first-order chi connectivity index (χ1) is 8.19. The predicted molar refractivity (Wildman–Crippen MR) is 64.9 cm³/mol. The van der Waals surface area contributed by atoms with Gasteiger partial charge in [0.25, 0.3) is 5.22 Å². The maximum Gasteiger partial charge on any atom is 0.260 e. The zero-order valence-electron chi connectivity index (χ0n) is 9.75. The van der Waals surface area contributed by atoms with Crippen molar-refractivity contribution in [3.63, 3.8) is 0 Å². The van der Waals surface area contributed by atoms with E-state index >= 15 is 0 Å². The molecule has 1 N–H and O–H groups in total. The number of pyridine rings is 1. The van der Waals surface area contributed by atoms with Crippen LogP contribution in [-0.4, -0.2) is 15.1 Å². The highest BCUT2D eigenvalue weighted by Gasteiger charge is 2.08. The van der Waals surface area contributed by atoms with Gasteiger partial charge in [-0.1, -0.05) is 6.92 Å². The van der Waals surface area contributed by atoms with Crippen molar-refractivity contribution in [1.82, 2.24) is 9.97 Å². The Morgan fingerprint density at radius 2 is 2.29 bits per heavy atom. The summed E-state index contributed by atoms with van der Waals surface area (Å²) in [6, 6.07) is 3.73. The SMILES string of the molecule is CCC(O)c1ccc(Sc2nc(C)co2)cn1. The largest absolute Gasteiger partial charge is 0.439 e. The molecule has 0 radical (unpaired) electrons. The van der Waals surface area contributed by atoms with Crippen molar-refractivity contribution >= 4 is 11.8 Å². The number of aliphatic hydroxyl groups excluding tert-OH is 1. The van der Waals surface area contributed by atoms with Gasteiger partial charge in [0.1, 0.15) is 6.26 Å². The molecule has 2 aromatic heterocycles. The van der Waals surface area contributed by atoms with Crippen LogP contribution in [0.4, 0.5) is 0 Å². The fraction of sp³-hybridized carbons (Fsp3) is 0.333. The Balaban J connectivity index is 2.08.